The van der Waals surface area contributed by atoms with Crippen molar-refractivity contribution in [3.63, 3.8) is 0 Å². The van der Waals surface area contributed by atoms with Crippen molar-refractivity contribution in [3.05, 3.63) is 64.5 Å². The predicted molar refractivity (Wildman–Crippen MR) is 120 cm³/mol. The number of benzene rings is 1. The Balaban J connectivity index is 1.57. The quantitative estimate of drug-likeness (QED) is 0.589. The lowest BCUT2D eigenvalue weighted by Gasteiger charge is -2.32. The molecule has 3 heterocycles. The highest BCUT2D eigenvalue weighted by molar-refractivity contribution is 5.97. The number of allylic oxidation sites excluding steroid dienone is 1. The Labute approximate surface area is 184 Å². The SMILES string of the molecule is CCCCc1cn(C2CC2=O)c(=O)n1CC1(c2cccc(-c3nn[nH]n3)c2)C=CN=CC1. The van der Waals surface area contributed by atoms with Crippen LogP contribution in [-0.2, 0) is 23.2 Å². The molecule has 0 saturated heterocycles. The fraction of sp³-hybridized carbons (Fsp3) is 0.391. The maximum absolute atomic E-state index is 13.4. The van der Waals surface area contributed by atoms with Crippen LogP contribution in [0.15, 0.2) is 52.5 Å². The number of nitrogens with zero attached hydrogens (tertiary/aromatic N) is 6. The van der Waals surface area contributed by atoms with Crippen molar-refractivity contribution >= 4 is 12.0 Å². The van der Waals surface area contributed by atoms with E-state index in [0.717, 1.165) is 36.1 Å². The van der Waals surface area contributed by atoms with E-state index in [1.54, 1.807) is 10.8 Å². The number of carbonyl (C=O) groups excluding carboxylic acids is 1. The van der Waals surface area contributed by atoms with Crippen LogP contribution in [0.25, 0.3) is 11.4 Å². The topological polar surface area (TPSA) is 111 Å². The van der Waals surface area contributed by atoms with Crippen molar-refractivity contribution in [1.29, 1.82) is 0 Å². The van der Waals surface area contributed by atoms with E-state index in [2.05, 4.69) is 44.7 Å². The fourth-order valence-electron chi connectivity index (χ4n) is 4.37. The molecule has 5 rings (SSSR count). The van der Waals surface area contributed by atoms with Crippen molar-refractivity contribution in [2.75, 3.05) is 0 Å². The van der Waals surface area contributed by atoms with Crippen LogP contribution in [0.3, 0.4) is 0 Å². The van der Waals surface area contributed by atoms with Crippen LogP contribution in [0.1, 0.15) is 49.9 Å². The molecule has 1 saturated carbocycles. The summed E-state index contributed by atoms with van der Waals surface area (Å²) in [6, 6.07) is 7.72. The Kier molecular flexibility index (Phi) is 5.16. The summed E-state index contributed by atoms with van der Waals surface area (Å²) in [6.07, 6.45) is 11.6. The van der Waals surface area contributed by atoms with E-state index in [4.69, 9.17) is 0 Å². The number of H-pyrrole nitrogens is 1. The van der Waals surface area contributed by atoms with Crippen molar-refractivity contribution in [2.45, 2.75) is 57.0 Å². The molecule has 3 aromatic rings. The normalized spacial score (nSPS) is 21.9. The molecule has 0 amide bonds. The van der Waals surface area contributed by atoms with Gasteiger partial charge in [-0.15, -0.1) is 10.2 Å². The second-order valence-electron chi connectivity index (χ2n) is 8.51. The standard InChI is InChI=1S/C23H25N7O2/c1-2-3-7-18-14-29(19-13-20(19)31)22(32)30(18)15-23(8-10-24-11-9-23)17-6-4-5-16(12-17)21-25-27-28-26-21/h4-6,8,10-12,14,19H,2-3,7,9,13,15H2,1H3,(H,25,26,27,28). The highest BCUT2D eigenvalue weighted by atomic mass is 16.2. The maximum atomic E-state index is 13.4. The number of rotatable bonds is 8. The molecule has 1 N–H and O–H groups in total. The van der Waals surface area contributed by atoms with Gasteiger partial charge in [0.05, 0.1) is 0 Å². The number of carbonyl (C=O) groups is 1. The molecule has 2 aromatic heterocycles. The van der Waals surface area contributed by atoms with Gasteiger partial charge < -0.3 is 0 Å². The Bertz CT molecular complexity index is 1250. The Morgan fingerprint density at radius 3 is 2.84 bits per heavy atom. The van der Waals surface area contributed by atoms with Crippen molar-refractivity contribution in [3.8, 4) is 11.4 Å². The van der Waals surface area contributed by atoms with Gasteiger partial charge in [-0.25, -0.2) is 4.79 Å². The second kappa shape index (κ2) is 8.14. The number of aromatic amines is 1. The number of Topliss-reactive ketones (excluding diaryl/α,β-unsaturated/α-hetero) is 1. The minimum Gasteiger partial charge on any atom is -0.297 e. The monoisotopic (exact) mass is 431 g/mol. The van der Waals surface area contributed by atoms with Crippen molar-refractivity contribution < 1.29 is 4.79 Å². The van der Waals surface area contributed by atoms with Gasteiger partial charge in [0.15, 0.2) is 5.78 Å². The first kappa shape index (κ1) is 20.3. The molecule has 1 aromatic carbocycles. The minimum atomic E-state index is -0.452. The molecular formula is C23H25N7O2. The van der Waals surface area contributed by atoms with E-state index in [9.17, 15) is 9.59 Å². The number of tetrazole rings is 1. The van der Waals surface area contributed by atoms with Gasteiger partial charge in [-0.2, -0.15) is 5.21 Å². The van der Waals surface area contributed by atoms with E-state index < -0.39 is 5.41 Å². The zero-order valence-corrected chi connectivity index (χ0v) is 17.9. The van der Waals surface area contributed by atoms with Crippen LogP contribution >= 0.6 is 0 Å². The summed E-state index contributed by atoms with van der Waals surface area (Å²) in [5, 5.41) is 14.3. The van der Waals surface area contributed by atoms with Gasteiger partial charge >= 0.3 is 5.69 Å². The number of aryl methyl sites for hydroxylation is 1. The molecule has 2 unspecified atom stereocenters. The number of aromatic nitrogens is 6. The summed E-state index contributed by atoms with van der Waals surface area (Å²) in [4.78, 5) is 29.4. The lowest BCUT2D eigenvalue weighted by molar-refractivity contribution is -0.110. The lowest BCUT2D eigenvalue weighted by Crippen LogP contribution is -2.37. The molecule has 164 valence electrons. The van der Waals surface area contributed by atoms with Crippen molar-refractivity contribution in [2.24, 2.45) is 4.99 Å². The Morgan fingerprint density at radius 1 is 1.28 bits per heavy atom. The first-order valence-corrected chi connectivity index (χ1v) is 11.0. The third-order valence-corrected chi connectivity index (χ3v) is 6.34. The van der Waals surface area contributed by atoms with E-state index in [1.165, 1.54) is 0 Å². The third kappa shape index (κ3) is 3.63. The van der Waals surface area contributed by atoms with Gasteiger partial charge in [0.1, 0.15) is 6.04 Å². The van der Waals surface area contributed by atoms with Crippen LogP contribution in [0.2, 0.25) is 0 Å². The Morgan fingerprint density at radius 2 is 2.16 bits per heavy atom. The van der Waals surface area contributed by atoms with Crippen molar-refractivity contribution in [1.82, 2.24) is 29.8 Å². The molecule has 0 spiro atoms. The summed E-state index contributed by atoms with van der Waals surface area (Å²) in [7, 11) is 0. The van der Waals surface area contributed by atoms with Gasteiger partial charge in [0, 0.05) is 48.2 Å². The maximum Gasteiger partial charge on any atom is 0.329 e. The number of imidazole rings is 1. The van der Waals surface area contributed by atoms with Crippen LogP contribution < -0.4 is 5.69 Å². The smallest absolute Gasteiger partial charge is 0.297 e. The largest absolute Gasteiger partial charge is 0.329 e. The van der Waals surface area contributed by atoms with Gasteiger partial charge in [-0.3, -0.25) is 18.9 Å². The van der Waals surface area contributed by atoms with Gasteiger partial charge in [0.2, 0.25) is 5.82 Å². The molecule has 1 aliphatic carbocycles. The number of hydrogen-bond donors (Lipinski definition) is 1. The van der Waals surface area contributed by atoms with Crippen LogP contribution in [0.4, 0.5) is 0 Å². The molecule has 9 nitrogen and oxygen atoms in total. The van der Waals surface area contributed by atoms with Gasteiger partial charge in [-0.05, 0) is 36.1 Å². The average Bonchev–Trinajstić information content (AvgIpc) is 3.20. The first-order valence-electron chi connectivity index (χ1n) is 11.0. The number of unbranched alkanes of at least 4 members (excludes halogenated alkanes) is 1. The van der Waals surface area contributed by atoms with Crippen LogP contribution in [0.5, 0.6) is 0 Å². The number of nitrogens with one attached hydrogen (secondary N) is 1. The third-order valence-electron chi connectivity index (χ3n) is 6.34. The zero-order valence-electron chi connectivity index (χ0n) is 17.9. The summed E-state index contributed by atoms with van der Waals surface area (Å²) in [5.74, 6) is 0.646. The molecule has 2 atom stereocenters. The lowest BCUT2D eigenvalue weighted by atomic mass is 9.76. The molecule has 1 fully saturated rings. The van der Waals surface area contributed by atoms with Crippen LogP contribution in [-0.4, -0.2) is 41.8 Å². The summed E-state index contributed by atoms with van der Waals surface area (Å²) in [6.45, 7) is 2.60. The van der Waals surface area contributed by atoms with E-state index in [1.807, 2.05) is 35.2 Å². The summed E-state index contributed by atoms with van der Waals surface area (Å²) in [5.41, 5.74) is 2.31. The van der Waals surface area contributed by atoms with E-state index in [-0.39, 0.29) is 17.5 Å². The van der Waals surface area contributed by atoms with Gasteiger partial charge in [-0.1, -0.05) is 37.6 Å². The summed E-state index contributed by atoms with van der Waals surface area (Å²) >= 11 is 0. The summed E-state index contributed by atoms with van der Waals surface area (Å²) < 4.78 is 3.48. The highest BCUT2D eigenvalue weighted by Gasteiger charge is 2.39. The van der Waals surface area contributed by atoms with E-state index >= 15 is 0 Å². The molecule has 9 heteroatoms. The number of aliphatic imine (C=N–C) groups is 1. The molecule has 1 aliphatic heterocycles. The first-order chi connectivity index (χ1) is 15.6. The predicted octanol–water partition coefficient (Wildman–Crippen LogP) is 2.61. The minimum absolute atomic E-state index is 0.114. The Hall–Kier alpha value is -3.62. The van der Waals surface area contributed by atoms with Gasteiger partial charge in [0.25, 0.3) is 0 Å². The van der Waals surface area contributed by atoms with Crippen LogP contribution in [0, 0.1) is 0 Å². The fourth-order valence-corrected chi connectivity index (χ4v) is 4.37. The number of hydrogen-bond acceptors (Lipinski definition) is 6. The second-order valence-corrected chi connectivity index (χ2v) is 8.51. The highest BCUT2D eigenvalue weighted by Crippen LogP contribution is 2.36. The molecule has 0 radical (unpaired) electrons. The van der Waals surface area contributed by atoms with E-state index in [0.29, 0.717) is 25.2 Å². The molecule has 0 bridgehead atoms. The molecule has 2 aliphatic rings. The molecular weight excluding hydrogens is 406 g/mol. The zero-order chi connectivity index (χ0) is 22.1. The molecule has 32 heavy (non-hydrogen) atoms. The number of ketones is 1. The average molecular weight is 432 g/mol.